The molecular weight excluding hydrogens is 304 g/mol. The molecule has 1 atom stereocenters. The summed E-state index contributed by atoms with van der Waals surface area (Å²) in [5.41, 5.74) is 0.340. The number of piperidine rings is 1. The van der Waals surface area contributed by atoms with Crippen LogP contribution in [0.4, 0.5) is 0 Å². The predicted octanol–water partition coefficient (Wildman–Crippen LogP) is 1.04. The van der Waals surface area contributed by atoms with E-state index in [0.29, 0.717) is 12.2 Å². The van der Waals surface area contributed by atoms with E-state index in [1.165, 1.54) is 0 Å². The Kier molecular flexibility index (Phi) is 4.67. The second-order valence-corrected chi connectivity index (χ2v) is 7.46. The summed E-state index contributed by atoms with van der Waals surface area (Å²) in [6.07, 6.45) is 4.57. The van der Waals surface area contributed by atoms with Crippen LogP contribution in [-0.4, -0.2) is 77.9 Å². The molecule has 3 rings (SSSR count). The molecule has 0 N–H and O–H groups in total. The maximum atomic E-state index is 13.0. The average Bonchev–Trinajstić information content (AvgIpc) is 3.10. The number of carbonyl (C=O) groups excluding carboxylic acids is 2. The summed E-state index contributed by atoms with van der Waals surface area (Å²) in [7, 11) is 5.94. The smallest absolute Gasteiger partial charge is 0.270 e. The minimum atomic E-state index is -0.356. The second-order valence-electron chi connectivity index (χ2n) is 7.46. The highest BCUT2D eigenvalue weighted by atomic mass is 16.2. The zero-order valence-electron chi connectivity index (χ0n) is 15.0. The SMILES string of the molecule is CN(C)CCN1CCC2(CCCN(C(=O)c3cccn3C)C2)C1=O. The van der Waals surface area contributed by atoms with Crippen LogP contribution in [0.2, 0.25) is 0 Å². The molecule has 1 spiro atoms. The average molecular weight is 332 g/mol. The van der Waals surface area contributed by atoms with E-state index in [1.54, 1.807) is 0 Å². The Bertz CT molecular complexity index is 624. The Hall–Kier alpha value is -1.82. The first-order valence-electron chi connectivity index (χ1n) is 8.78. The molecule has 2 aliphatic rings. The summed E-state index contributed by atoms with van der Waals surface area (Å²) < 4.78 is 1.85. The lowest BCUT2D eigenvalue weighted by Gasteiger charge is -2.39. The van der Waals surface area contributed by atoms with Gasteiger partial charge in [0.1, 0.15) is 5.69 Å². The molecule has 1 aromatic rings. The molecule has 3 heterocycles. The summed E-state index contributed by atoms with van der Waals surface area (Å²) in [5, 5.41) is 0. The van der Waals surface area contributed by atoms with E-state index in [9.17, 15) is 9.59 Å². The molecule has 2 fully saturated rings. The van der Waals surface area contributed by atoms with E-state index in [4.69, 9.17) is 0 Å². The summed E-state index contributed by atoms with van der Waals surface area (Å²) in [6, 6.07) is 3.74. The maximum absolute atomic E-state index is 13.0. The number of hydrogen-bond acceptors (Lipinski definition) is 3. The van der Waals surface area contributed by atoms with Crippen molar-refractivity contribution in [2.75, 3.05) is 46.8 Å². The van der Waals surface area contributed by atoms with Gasteiger partial charge in [0.05, 0.1) is 5.41 Å². The zero-order chi connectivity index (χ0) is 17.3. The molecule has 0 bridgehead atoms. The van der Waals surface area contributed by atoms with Crippen LogP contribution in [0.15, 0.2) is 18.3 Å². The lowest BCUT2D eigenvalue weighted by Crippen LogP contribution is -2.50. The Morgan fingerprint density at radius 3 is 2.75 bits per heavy atom. The standard InChI is InChI=1S/C18H28N4O2/c1-19(2)12-13-21-11-8-18(17(21)24)7-5-10-22(14-18)16(23)15-6-4-9-20(15)3/h4,6,9H,5,7-8,10-14H2,1-3H3. The molecule has 2 saturated heterocycles. The highest BCUT2D eigenvalue weighted by Gasteiger charge is 2.49. The van der Waals surface area contributed by atoms with E-state index in [2.05, 4.69) is 4.90 Å². The van der Waals surface area contributed by atoms with Crippen molar-refractivity contribution in [3.63, 3.8) is 0 Å². The first-order valence-corrected chi connectivity index (χ1v) is 8.78. The summed E-state index contributed by atoms with van der Waals surface area (Å²) in [4.78, 5) is 31.7. The number of amides is 2. The molecule has 0 aliphatic carbocycles. The van der Waals surface area contributed by atoms with Crippen LogP contribution in [-0.2, 0) is 11.8 Å². The van der Waals surface area contributed by atoms with Crippen LogP contribution in [0.5, 0.6) is 0 Å². The third-order valence-electron chi connectivity index (χ3n) is 5.45. The fourth-order valence-corrected chi connectivity index (χ4v) is 3.96. The summed E-state index contributed by atoms with van der Waals surface area (Å²) in [5.74, 6) is 0.287. The van der Waals surface area contributed by atoms with E-state index < -0.39 is 0 Å². The van der Waals surface area contributed by atoms with Crippen molar-refractivity contribution >= 4 is 11.8 Å². The Morgan fingerprint density at radius 1 is 1.29 bits per heavy atom. The molecule has 6 nitrogen and oxygen atoms in total. The van der Waals surface area contributed by atoms with Gasteiger partial charge in [-0.1, -0.05) is 0 Å². The van der Waals surface area contributed by atoms with Crippen molar-refractivity contribution in [1.82, 2.24) is 19.3 Å². The normalized spacial score (nSPS) is 24.4. The molecule has 2 aliphatic heterocycles. The van der Waals surface area contributed by atoms with Gasteiger partial charge in [0.2, 0.25) is 5.91 Å². The Balaban J connectivity index is 1.70. The van der Waals surface area contributed by atoms with Crippen LogP contribution in [0, 0.1) is 5.41 Å². The summed E-state index contributed by atoms with van der Waals surface area (Å²) >= 11 is 0. The third-order valence-corrected chi connectivity index (χ3v) is 5.45. The number of carbonyl (C=O) groups is 2. The van der Waals surface area contributed by atoms with Gasteiger partial charge in [-0.15, -0.1) is 0 Å². The van der Waals surface area contributed by atoms with Crippen molar-refractivity contribution < 1.29 is 9.59 Å². The first kappa shape index (κ1) is 17.0. The molecule has 1 unspecified atom stereocenters. The first-order chi connectivity index (χ1) is 11.4. The van der Waals surface area contributed by atoms with Gasteiger partial charge < -0.3 is 19.3 Å². The number of aryl methyl sites for hydroxylation is 1. The lowest BCUT2D eigenvalue weighted by molar-refractivity contribution is -0.138. The van der Waals surface area contributed by atoms with Crippen molar-refractivity contribution in [2.45, 2.75) is 19.3 Å². The maximum Gasteiger partial charge on any atom is 0.270 e. The molecule has 0 saturated carbocycles. The molecule has 2 amide bonds. The van der Waals surface area contributed by atoms with Gasteiger partial charge in [-0.25, -0.2) is 0 Å². The fourth-order valence-electron chi connectivity index (χ4n) is 3.96. The minimum Gasteiger partial charge on any atom is -0.347 e. The number of aromatic nitrogens is 1. The highest BCUT2D eigenvalue weighted by molar-refractivity contribution is 5.94. The van der Waals surface area contributed by atoms with Crippen molar-refractivity contribution in [3.05, 3.63) is 24.0 Å². The van der Waals surface area contributed by atoms with Gasteiger partial charge in [-0.05, 0) is 45.5 Å². The largest absolute Gasteiger partial charge is 0.347 e. The summed E-state index contributed by atoms with van der Waals surface area (Å²) in [6.45, 7) is 3.79. The van der Waals surface area contributed by atoms with Gasteiger partial charge in [0.25, 0.3) is 5.91 Å². The topological polar surface area (TPSA) is 48.8 Å². The van der Waals surface area contributed by atoms with Crippen LogP contribution < -0.4 is 0 Å². The second kappa shape index (κ2) is 6.59. The van der Waals surface area contributed by atoms with Crippen LogP contribution >= 0.6 is 0 Å². The molecule has 24 heavy (non-hydrogen) atoms. The predicted molar refractivity (Wildman–Crippen MR) is 92.7 cm³/mol. The van der Waals surface area contributed by atoms with Gasteiger partial charge in [0.15, 0.2) is 0 Å². The quantitative estimate of drug-likeness (QED) is 0.828. The number of likely N-dealkylation sites (tertiary alicyclic amines) is 2. The van der Waals surface area contributed by atoms with Gasteiger partial charge >= 0.3 is 0 Å². The van der Waals surface area contributed by atoms with E-state index in [0.717, 1.165) is 45.4 Å². The lowest BCUT2D eigenvalue weighted by atomic mass is 9.78. The van der Waals surface area contributed by atoms with Crippen LogP contribution in [0.1, 0.15) is 29.8 Å². The number of hydrogen-bond donors (Lipinski definition) is 0. The highest BCUT2D eigenvalue weighted by Crippen LogP contribution is 2.40. The van der Waals surface area contributed by atoms with Crippen molar-refractivity contribution in [1.29, 1.82) is 0 Å². The van der Waals surface area contributed by atoms with Crippen molar-refractivity contribution in [2.24, 2.45) is 12.5 Å². The van der Waals surface area contributed by atoms with Crippen LogP contribution in [0.25, 0.3) is 0 Å². The number of rotatable bonds is 4. The molecule has 6 heteroatoms. The molecule has 132 valence electrons. The fraction of sp³-hybridized carbons (Fsp3) is 0.667. The zero-order valence-corrected chi connectivity index (χ0v) is 15.0. The third kappa shape index (κ3) is 3.07. The monoisotopic (exact) mass is 332 g/mol. The van der Waals surface area contributed by atoms with Gasteiger partial charge in [-0.3, -0.25) is 9.59 Å². The van der Waals surface area contributed by atoms with E-state index in [-0.39, 0.29) is 17.2 Å². The molecule has 1 aromatic heterocycles. The van der Waals surface area contributed by atoms with Gasteiger partial charge in [0, 0.05) is 46.0 Å². The number of nitrogens with zero attached hydrogens (tertiary/aromatic N) is 4. The van der Waals surface area contributed by atoms with Crippen LogP contribution in [0.3, 0.4) is 0 Å². The Morgan fingerprint density at radius 2 is 2.08 bits per heavy atom. The Labute approximate surface area is 144 Å². The van der Waals surface area contributed by atoms with Gasteiger partial charge in [-0.2, -0.15) is 0 Å². The van der Waals surface area contributed by atoms with E-state index >= 15 is 0 Å². The number of likely N-dealkylation sites (N-methyl/N-ethyl adjacent to an activating group) is 1. The molecule has 0 radical (unpaired) electrons. The van der Waals surface area contributed by atoms with E-state index in [1.807, 2.05) is 53.8 Å². The minimum absolute atomic E-state index is 0.0427. The molecule has 0 aromatic carbocycles. The van der Waals surface area contributed by atoms with Crippen molar-refractivity contribution in [3.8, 4) is 0 Å². The molecular formula is C18H28N4O2.